The molecule has 1 aliphatic rings. The SMILES string of the molecule is CCCCCC1CCC(c2c(F)cc(C)c(Oc3ccccc3-c3ccc(C(F)(F)F)cc3)c2F)CC1. The Labute approximate surface area is 215 Å². The molecular weight excluding hydrogens is 483 g/mol. The highest BCUT2D eigenvalue weighted by molar-refractivity contribution is 5.71. The van der Waals surface area contributed by atoms with Crippen molar-refractivity contribution in [1.29, 1.82) is 0 Å². The lowest BCUT2D eigenvalue weighted by Gasteiger charge is -2.30. The van der Waals surface area contributed by atoms with Gasteiger partial charge in [0.1, 0.15) is 11.6 Å². The second kappa shape index (κ2) is 11.7. The molecule has 1 nitrogen and oxygen atoms in total. The summed E-state index contributed by atoms with van der Waals surface area (Å²) in [6, 6.07) is 12.8. The summed E-state index contributed by atoms with van der Waals surface area (Å²) < 4.78 is 75.9. The summed E-state index contributed by atoms with van der Waals surface area (Å²) in [4.78, 5) is 0. The Morgan fingerprint density at radius 3 is 2.22 bits per heavy atom. The van der Waals surface area contributed by atoms with E-state index >= 15 is 8.78 Å². The summed E-state index contributed by atoms with van der Waals surface area (Å²) in [5.74, 6) is -0.564. The Morgan fingerprint density at radius 2 is 1.57 bits per heavy atom. The average Bonchev–Trinajstić information content (AvgIpc) is 2.87. The van der Waals surface area contributed by atoms with Crippen molar-refractivity contribution < 1.29 is 26.7 Å². The van der Waals surface area contributed by atoms with Gasteiger partial charge in [-0.2, -0.15) is 13.2 Å². The lowest BCUT2D eigenvalue weighted by atomic mass is 9.76. The molecule has 0 unspecified atom stereocenters. The highest BCUT2D eigenvalue weighted by atomic mass is 19.4. The number of rotatable bonds is 8. The molecule has 0 heterocycles. The van der Waals surface area contributed by atoms with E-state index in [9.17, 15) is 13.2 Å². The Morgan fingerprint density at radius 1 is 0.892 bits per heavy atom. The summed E-state index contributed by atoms with van der Waals surface area (Å²) in [7, 11) is 0. The van der Waals surface area contributed by atoms with Crippen molar-refractivity contribution >= 4 is 0 Å². The number of aryl methyl sites for hydroxylation is 1. The highest BCUT2D eigenvalue weighted by Crippen LogP contribution is 2.44. The largest absolute Gasteiger partial charge is 0.453 e. The molecule has 0 N–H and O–H groups in total. The van der Waals surface area contributed by atoms with Gasteiger partial charge < -0.3 is 4.74 Å². The quantitative estimate of drug-likeness (QED) is 0.214. The fourth-order valence-electron chi connectivity index (χ4n) is 5.40. The molecule has 6 heteroatoms. The van der Waals surface area contributed by atoms with Gasteiger partial charge in [-0.25, -0.2) is 8.78 Å². The normalized spacial score (nSPS) is 18.1. The van der Waals surface area contributed by atoms with Crippen molar-refractivity contribution in [3.05, 3.63) is 82.9 Å². The molecule has 0 atom stereocenters. The molecular formula is C31H33F5O. The topological polar surface area (TPSA) is 9.23 Å². The van der Waals surface area contributed by atoms with E-state index in [1.807, 2.05) is 0 Å². The van der Waals surface area contributed by atoms with Crippen LogP contribution >= 0.6 is 0 Å². The number of halogens is 5. The fraction of sp³-hybridized carbons (Fsp3) is 0.419. The third kappa shape index (κ3) is 6.34. The molecule has 0 spiro atoms. The summed E-state index contributed by atoms with van der Waals surface area (Å²) in [5.41, 5.74) is 0.688. The smallest absolute Gasteiger partial charge is 0.416 e. The van der Waals surface area contributed by atoms with Crippen molar-refractivity contribution in [2.45, 2.75) is 77.3 Å². The molecule has 198 valence electrons. The minimum Gasteiger partial charge on any atom is -0.453 e. The van der Waals surface area contributed by atoms with Crippen LogP contribution in [0, 0.1) is 24.5 Å². The molecule has 1 saturated carbocycles. The molecule has 37 heavy (non-hydrogen) atoms. The maximum atomic E-state index is 15.8. The third-order valence-corrected chi connectivity index (χ3v) is 7.49. The lowest BCUT2D eigenvalue weighted by molar-refractivity contribution is -0.137. The summed E-state index contributed by atoms with van der Waals surface area (Å²) in [6.45, 7) is 3.78. The van der Waals surface area contributed by atoms with Gasteiger partial charge in [0.05, 0.1) is 5.56 Å². The van der Waals surface area contributed by atoms with Crippen LogP contribution in [0.3, 0.4) is 0 Å². The number of benzene rings is 3. The number of ether oxygens (including phenoxy) is 1. The zero-order valence-corrected chi connectivity index (χ0v) is 21.3. The first-order valence-electron chi connectivity index (χ1n) is 13.1. The van der Waals surface area contributed by atoms with Crippen LogP contribution in [0.25, 0.3) is 11.1 Å². The molecule has 1 fully saturated rings. The van der Waals surface area contributed by atoms with E-state index in [2.05, 4.69) is 6.92 Å². The van der Waals surface area contributed by atoms with Gasteiger partial charge in [0.2, 0.25) is 0 Å². The monoisotopic (exact) mass is 516 g/mol. The maximum absolute atomic E-state index is 15.8. The van der Waals surface area contributed by atoms with Crippen LogP contribution in [0.15, 0.2) is 54.6 Å². The molecule has 3 aromatic carbocycles. The summed E-state index contributed by atoms with van der Waals surface area (Å²) in [5, 5.41) is 0. The van der Waals surface area contributed by atoms with Gasteiger partial charge in [-0.05, 0) is 79.8 Å². The minimum atomic E-state index is -4.44. The van der Waals surface area contributed by atoms with Crippen molar-refractivity contribution in [1.82, 2.24) is 0 Å². The zero-order chi connectivity index (χ0) is 26.6. The first-order chi connectivity index (χ1) is 17.7. The Bertz CT molecular complexity index is 1190. The summed E-state index contributed by atoms with van der Waals surface area (Å²) in [6.07, 6.45) is 3.76. The molecule has 0 amide bonds. The van der Waals surface area contributed by atoms with E-state index in [1.165, 1.54) is 43.9 Å². The molecule has 4 rings (SSSR count). The standard InChI is InChI=1S/C31H33F5O/c1-3-4-5-8-21-11-13-23(14-12-21)28-26(32)19-20(2)30(29(28)33)37-27-10-7-6-9-25(27)22-15-17-24(18-16-22)31(34,35)36/h6-7,9-10,15-19,21,23H,3-5,8,11-14H2,1-2H3. The zero-order valence-electron chi connectivity index (χ0n) is 21.3. The Hall–Kier alpha value is -2.89. The van der Waals surface area contributed by atoms with Crippen molar-refractivity contribution in [2.75, 3.05) is 0 Å². The lowest BCUT2D eigenvalue weighted by Crippen LogP contribution is -2.16. The van der Waals surface area contributed by atoms with Gasteiger partial charge >= 0.3 is 6.18 Å². The first kappa shape index (κ1) is 27.2. The molecule has 0 aliphatic heterocycles. The van der Waals surface area contributed by atoms with Gasteiger partial charge in [0, 0.05) is 11.1 Å². The van der Waals surface area contributed by atoms with E-state index in [-0.39, 0.29) is 17.2 Å². The maximum Gasteiger partial charge on any atom is 0.416 e. The van der Waals surface area contributed by atoms with Crippen LogP contribution in [-0.2, 0) is 6.18 Å². The molecule has 3 aromatic rings. The minimum absolute atomic E-state index is 0.0409. The highest BCUT2D eigenvalue weighted by Gasteiger charge is 2.31. The number of hydrogen-bond donors (Lipinski definition) is 0. The van der Waals surface area contributed by atoms with Crippen molar-refractivity contribution in [3.63, 3.8) is 0 Å². The summed E-state index contributed by atoms with van der Waals surface area (Å²) >= 11 is 0. The van der Waals surface area contributed by atoms with Crippen LogP contribution in [-0.4, -0.2) is 0 Å². The second-order valence-corrected chi connectivity index (χ2v) is 10.1. The predicted molar refractivity (Wildman–Crippen MR) is 137 cm³/mol. The third-order valence-electron chi connectivity index (χ3n) is 7.49. The van der Waals surface area contributed by atoms with Crippen LogP contribution < -0.4 is 4.74 Å². The molecule has 0 radical (unpaired) electrons. The van der Waals surface area contributed by atoms with Crippen molar-refractivity contribution in [2.24, 2.45) is 5.92 Å². The predicted octanol–water partition coefficient (Wildman–Crippen LogP) is 10.6. The van der Waals surface area contributed by atoms with Gasteiger partial charge in [-0.3, -0.25) is 0 Å². The van der Waals surface area contributed by atoms with Gasteiger partial charge in [0.15, 0.2) is 11.6 Å². The number of para-hydroxylation sites is 1. The van der Waals surface area contributed by atoms with E-state index in [1.54, 1.807) is 31.2 Å². The van der Waals surface area contributed by atoms with E-state index in [0.29, 0.717) is 28.4 Å². The number of unbranched alkanes of at least 4 members (excludes halogenated alkanes) is 2. The van der Waals surface area contributed by atoms with E-state index < -0.39 is 23.4 Å². The van der Waals surface area contributed by atoms with Crippen LogP contribution in [0.4, 0.5) is 22.0 Å². The van der Waals surface area contributed by atoms with Crippen LogP contribution in [0.2, 0.25) is 0 Å². The first-order valence-corrected chi connectivity index (χ1v) is 13.1. The molecule has 0 bridgehead atoms. The Kier molecular flexibility index (Phi) is 8.56. The van der Waals surface area contributed by atoms with Crippen LogP contribution in [0.5, 0.6) is 11.5 Å². The average molecular weight is 517 g/mol. The van der Waals surface area contributed by atoms with Gasteiger partial charge in [0.25, 0.3) is 0 Å². The number of alkyl halides is 3. The molecule has 0 saturated heterocycles. The molecule has 1 aliphatic carbocycles. The second-order valence-electron chi connectivity index (χ2n) is 10.1. The van der Waals surface area contributed by atoms with Crippen molar-refractivity contribution in [3.8, 4) is 22.6 Å². The fourth-order valence-corrected chi connectivity index (χ4v) is 5.40. The van der Waals surface area contributed by atoms with E-state index in [4.69, 9.17) is 4.74 Å². The Balaban J connectivity index is 1.58. The van der Waals surface area contributed by atoms with Gasteiger partial charge in [-0.15, -0.1) is 0 Å². The van der Waals surface area contributed by atoms with Gasteiger partial charge in [-0.1, -0.05) is 62.9 Å². The molecule has 0 aromatic heterocycles. The van der Waals surface area contributed by atoms with E-state index in [0.717, 1.165) is 37.8 Å². The van der Waals surface area contributed by atoms with Crippen LogP contribution in [0.1, 0.15) is 80.9 Å². The number of hydrogen-bond acceptors (Lipinski definition) is 1.